The Morgan fingerprint density at radius 3 is 1.63 bits per heavy atom. The lowest BCUT2D eigenvalue weighted by Gasteiger charge is -2.30. The molecule has 3 aromatic carbocycles. The summed E-state index contributed by atoms with van der Waals surface area (Å²) in [5, 5.41) is 0.491. The molecule has 7 nitrogen and oxygen atoms in total. The van der Waals surface area contributed by atoms with Crippen LogP contribution >= 0.6 is 0 Å². The first-order valence-electron chi connectivity index (χ1n) is 16.0. The number of allylic oxidation sites excluding steroid dienone is 2. The van der Waals surface area contributed by atoms with Crippen molar-refractivity contribution in [3.63, 3.8) is 0 Å². The van der Waals surface area contributed by atoms with Gasteiger partial charge in [0.05, 0.1) is 27.2 Å². The van der Waals surface area contributed by atoms with Crippen molar-refractivity contribution in [2.45, 2.75) is 84.6 Å². The Bertz CT molecular complexity index is 2120. The molecule has 2 aromatic heterocycles. The number of hydrogen-bond acceptors (Lipinski definition) is 5. The first-order chi connectivity index (χ1) is 21.8. The zero-order valence-corrected chi connectivity index (χ0v) is 27.7. The molecule has 0 bridgehead atoms. The summed E-state index contributed by atoms with van der Waals surface area (Å²) in [5.74, 6) is 1.23. The van der Waals surface area contributed by atoms with E-state index in [0.29, 0.717) is 35.6 Å². The van der Waals surface area contributed by atoms with Crippen molar-refractivity contribution in [2.75, 3.05) is 0 Å². The second-order valence-electron chi connectivity index (χ2n) is 13.0. The van der Waals surface area contributed by atoms with Gasteiger partial charge in [0.25, 0.3) is 22.2 Å². The van der Waals surface area contributed by atoms with E-state index in [9.17, 15) is 19.2 Å². The van der Waals surface area contributed by atoms with E-state index in [-0.39, 0.29) is 27.0 Å². The molecule has 5 aromatic rings. The van der Waals surface area contributed by atoms with Crippen molar-refractivity contribution in [2.24, 2.45) is 0 Å². The van der Waals surface area contributed by atoms with Gasteiger partial charge in [-0.3, -0.25) is 23.7 Å². The predicted molar refractivity (Wildman–Crippen MR) is 188 cm³/mol. The molecule has 7 heteroatoms. The number of fused-ring (bicyclic) bond motifs is 2. The normalized spacial score (nSPS) is 12.2. The minimum absolute atomic E-state index is 0.0498. The molecule has 0 aliphatic heterocycles. The lowest BCUT2D eigenvalue weighted by atomic mass is 9.75. The molecule has 5 rings (SSSR count). The minimum atomic E-state index is -0.706. The molecule has 2 heterocycles. The fourth-order valence-electron chi connectivity index (χ4n) is 6.38. The zero-order valence-electron chi connectivity index (χ0n) is 27.7. The van der Waals surface area contributed by atoms with Crippen LogP contribution in [0.25, 0.3) is 27.2 Å². The number of nitrogens with zero attached hydrogens (tertiary/aromatic N) is 2. The Morgan fingerprint density at radius 2 is 1.13 bits per heavy atom. The number of hydrogen-bond donors (Lipinski definition) is 0. The average molecular weight is 619 g/mol. The molecule has 0 saturated carbocycles. The molecule has 0 spiro atoms. The number of ether oxygens (including phenoxy) is 1. The van der Waals surface area contributed by atoms with Gasteiger partial charge in [-0.25, -0.2) is 4.57 Å². The highest BCUT2D eigenvalue weighted by molar-refractivity contribution is 5.98. The molecule has 0 aliphatic carbocycles. The van der Waals surface area contributed by atoms with Crippen LogP contribution in [0.15, 0.2) is 93.0 Å². The summed E-state index contributed by atoms with van der Waals surface area (Å²) in [6.07, 6.45) is 7.29. The lowest BCUT2D eigenvalue weighted by molar-refractivity contribution is 0.328. The van der Waals surface area contributed by atoms with Crippen molar-refractivity contribution in [1.82, 2.24) is 9.13 Å². The summed E-state index contributed by atoms with van der Waals surface area (Å²) in [6, 6.07) is 14.2. The summed E-state index contributed by atoms with van der Waals surface area (Å²) in [5.41, 5.74) is 0.855. The van der Waals surface area contributed by atoms with Crippen molar-refractivity contribution in [1.29, 1.82) is 0 Å². The van der Waals surface area contributed by atoms with Gasteiger partial charge in [0.1, 0.15) is 11.5 Å². The number of benzene rings is 3. The SMILES string of the molecule is C=CCc1cc(Oc2ccc(C(C)(CC)CC)c(CC=C)c2)ccc1-n1c(=O)c2cc3c(=O)n(C(C)(C)CC)c(=O)c3cc2c1=O. The van der Waals surface area contributed by atoms with Crippen LogP contribution in [0.5, 0.6) is 11.5 Å². The van der Waals surface area contributed by atoms with Crippen molar-refractivity contribution in [3.05, 3.63) is 132 Å². The molecule has 0 radical (unpaired) electrons. The smallest absolute Gasteiger partial charge is 0.266 e. The summed E-state index contributed by atoms with van der Waals surface area (Å²) < 4.78 is 8.64. The third kappa shape index (κ3) is 5.27. The highest BCUT2D eigenvalue weighted by atomic mass is 16.5. The van der Waals surface area contributed by atoms with E-state index >= 15 is 0 Å². The van der Waals surface area contributed by atoms with Crippen molar-refractivity contribution >= 4 is 21.5 Å². The third-order valence-electron chi connectivity index (χ3n) is 9.91. The van der Waals surface area contributed by atoms with Crippen LogP contribution in [0.2, 0.25) is 0 Å². The largest absolute Gasteiger partial charge is 0.457 e. The molecule has 0 unspecified atom stereocenters. The average Bonchev–Trinajstić information content (AvgIpc) is 3.44. The molecule has 0 fully saturated rings. The second-order valence-corrected chi connectivity index (χ2v) is 13.0. The molecule has 0 atom stereocenters. The van der Waals surface area contributed by atoms with Gasteiger partial charge in [-0.2, -0.15) is 0 Å². The van der Waals surface area contributed by atoms with E-state index in [1.54, 1.807) is 18.2 Å². The van der Waals surface area contributed by atoms with Crippen LogP contribution in [0.4, 0.5) is 0 Å². The van der Waals surface area contributed by atoms with Gasteiger partial charge >= 0.3 is 0 Å². The van der Waals surface area contributed by atoms with Crippen LogP contribution < -0.4 is 27.0 Å². The predicted octanol–water partition coefficient (Wildman–Crippen LogP) is 7.37. The zero-order chi connectivity index (χ0) is 33.6. The number of rotatable bonds is 12. The van der Waals surface area contributed by atoms with Gasteiger partial charge in [-0.05, 0) is 111 Å². The van der Waals surface area contributed by atoms with Gasteiger partial charge in [0.15, 0.2) is 0 Å². The van der Waals surface area contributed by atoms with E-state index in [1.165, 1.54) is 22.3 Å². The lowest BCUT2D eigenvalue weighted by Crippen LogP contribution is -2.40. The van der Waals surface area contributed by atoms with Gasteiger partial charge in [-0.1, -0.05) is 45.9 Å². The maximum absolute atomic E-state index is 13.8. The van der Waals surface area contributed by atoms with E-state index in [1.807, 2.05) is 39.0 Å². The maximum Gasteiger partial charge on any atom is 0.266 e. The summed E-state index contributed by atoms with van der Waals surface area (Å²) in [4.78, 5) is 54.1. The third-order valence-corrected chi connectivity index (χ3v) is 9.91. The Hall–Kier alpha value is -4.78. The topological polar surface area (TPSA) is 87.4 Å². The van der Waals surface area contributed by atoms with Crippen LogP contribution in [0.1, 0.15) is 77.5 Å². The fourth-order valence-corrected chi connectivity index (χ4v) is 6.38. The Kier molecular flexibility index (Phi) is 8.65. The van der Waals surface area contributed by atoms with Crippen molar-refractivity contribution < 1.29 is 4.74 Å². The maximum atomic E-state index is 13.8. The fraction of sp³-hybridized carbons (Fsp3) is 0.333. The van der Waals surface area contributed by atoms with E-state index < -0.39 is 27.8 Å². The molecule has 0 N–H and O–H groups in total. The number of aromatic nitrogens is 2. The highest BCUT2D eigenvalue weighted by Gasteiger charge is 2.28. The second kappa shape index (κ2) is 12.2. The summed E-state index contributed by atoms with van der Waals surface area (Å²) in [6.45, 7) is 20.0. The van der Waals surface area contributed by atoms with Crippen molar-refractivity contribution in [3.8, 4) is 17.2 Å². The van der Waals surface area contributed by atoms with E-state index in [4.69, 9.17) is 4.74 Å². The molecule has 0 aliphatic rings. The Morgan fingerprint density at radius 1 is 0.652 bits per heavy atom. The summed E-state index contributed by atoms with van der Waals surface area (Å²) in [7, 11) is 0. The van der Waals surface area contributed by atoms with Crippen LogP contribution in [0, 0.1) is 0 Å². The first kappa shape index (κ1) is 32.6. The van der Waals surface area contributed by atoms with Crippen LogP contribution in [-0.2, 0) is 23.8 Å². The first-order valence-corrected chi connectivity index (χ1v) is 16.0. The van der Waals surface area contributed by atoms with Gasteiger partial charge < -0.3 is 4.74 Å². The standard InChI is InChI=1S/C39H42N2O5/c1-9-14-24-20-26(16-18-32(24)39(8,12-4)13-5)46-27-17-19-33(25(21-27)15-10-2)40-34(42)28-22-30-31(23-29(28)35(40)43)37(45)41(36(30)44)38(6,7)11-3/h9-10,16-23H,1-2,11-15H2,3-8H3. The molecule has 238 valence electrons. The Labute approximate surface area is 268 Å². The minimum Gasteiger partial charge on any atom is -0.457 e. The van der Waals surface area contributed by atoms with Gasteiger partial charge in [0, 0.05) is 5.54 Å². The summed E-state index contributed by atoms with van der Waals surface area (Å²) >= 11 is 0. The van der Waals surface area contributed by atoms with Gasteiger partial charge in [0.2, 0.25) is 0 Å². The monoisotopic (exact) mass is 618 g/mol. The quantitative estimate of drug-likeness (QED) is 0.136. The molecule has 0 saturated heterocycles. The van der Waals surface area contributed by atoms with Gasteiger partial charge in [-0.15, -0.1) is 13.2 Å². The molecular weight excluding hydrogens is 576 g/mol. The molecular formula is C39H42N2O5. The van der Waals surface area contributed by atoms with Crippen LogP contribution in [-0.4, -0.2) is 9.13 Å². The van der Waals surface area contributed by atoms with Crippen LogP contribution in [0.3, 0.4) is 0 Å². The van der Waals surface area contributed by atoms with E-state index in [0.717, 1.165) is 29.4 Å². The van der Waals surface area contributed by atoms with E-state index in [2.05, 4.69) is 46.1 Å². The molecule has 46 heavy (non-hydrogen) atoms. The molecule has 0 amide bonds. The Balaban J connectivity index is 1.60. The highest BCUT2D eigenvalue weighted by Crippen LogP contribution is 2.36.